The molecule has 2 N–H and O–H groups in total. The number of nitrogens with one attached hydrogen (secondary N) is 1. The fraction of sp³-hybridized carbons (Fsp3) is 0.933. The molecule has 1 aliphatic carbocycles. The van der Waals surface area contributed by atoms with Gasteiger partial charge < -0.3 is 10.4 Å². The quantitative estimate of drug-likeness (QED) is 0.775. The van der Waals surface area contributed by atoms with Gasteiger partial charge in [-0.05, 0) is 40.2 Å². The molecule has 4 nitrogen and oxygen atoms in total. The molecule has 1 unspecified atom stereocenters. The van der Waals surface area contributed by atoms with E-state index in [1.54, 1.807) is 13.8 Å². The Balaban J connectivity index is 2.48. The van der Waals surface area contributed by atoms with Gasteiger partial charge in [-0.2, -0.15) is 0 Å². The topological polar surface area (TPSA) is 52.6 Å². The minimum Gasteiger partial charge on any atom is -0.389 e. The maximum Gasteiger partial charge on any atom is 0.237 e. The second kappa shape index (κ2) is 7.25. The van der Waals surface area contributed by atoms with Crippen molar-refractivity contribution in [1.29, 1.82) is 0 Å². The van der Waals surface area contributed by atoms with Crippen molar-refractivity contribution in [3.05, 3.63) is 0 Å². The first-order valence-electron chi connectivity index (χ1n) is 7.60. The fourth-order valence-electron chi connectivity index (χ4n) is 2.75. The van der Waals surface area contributed by atoms with Gasteiger partial charge in [0, 0.05) is 12.6 Å². The zero-order valence-electron chi connectivity index (χ0n) is 12.9. The first-order valence-corrected chi connectivity index (χ1v) is 7.60. The van der Waals surface area contributed by atoms with E-state index in [0.717, 1.165) is 19.4 Å². The molecule has 1 aliphatic rings. The Morgan fingerprint density at radius 2 is 1.95 bits per heavy atom. The molecule has 0 aromatic rings. The highest BCUT2D eigenvalue weighted by Gasteiger charge is 2.27. The average molecular weight is 270 g/mol. The average Bonchev–Trinajstić information content (AvgIpc) is 2.35. The van der Waals surface area contributed by atoms with Crippen LogP contribution in [0.3, 0.4) is 0 Å². The van der Waals surface area contributed by atoms with Crippen LogP contribution in [0.25, 0.3) is 0 Å². The number of likely N-dealkylation sites (N-methyl/N-ethyl adjacent to an activating group) is 1. The molecule has 0 aromatic heterocycles. The van der Waals surface area contributed by atoms with Gasteiger partial charge in [0.25, 0.3) is 0 Å². The number of carbonyl (C=O) groups excluding carboxylic acids is 1. The summed E-state index contributed by atoms with van der Waals surface area (Å²) in [5.41, 5.74) is -0.768. The zero-order chi connectivity index (χ0) is 14.5. The summed E-state index contributed by atoms with van der Waals surface area (Å²) in [6, 6.07) is 0.169. The molecular formula is C15H30N2O2. The summed E-state index contributed by atoms with van der Waals surface area (Å²) in [6.45, 7) is 8.79. The van der Waals surface area contributed by atoms with Gasteiger partial charge in [0.2, 0.25) is 5.91 Å². The summed E-state index contributed by atoms with van der Waals surface area (Å²) in [5, 5.41) is 13.1. The summed E-state index contributed by atoms with van der Waals surface area (Å²) < 4.78 is 0. The fourth-order valence-corrected chi connectivity index (χ4v) is 2.75. The van der Waals surface area contributed by atoms with Crippen molar-refractivity contribution >= 4 is 5.91 Å². The Labute approximate surface area is 117 Å². The van der Waals surface area contributed by atoms with Gasteiger partial charge in [-0.3, -0.25) is 9.69 Å². The van der Waals surface area contributed by atoms with E-state index in [2.05, 4.69) is 5.32 Å². The van der Waals surface area contributed by atoms with Crippen LogP contribution in [-0.2, 0) is 4.79 Å². The SMILES string of the molecule is CCN(CC(C)(C)O)C(C)C(=O)NC1CCCCC1. The standard InChI is InChI=1S/C15H30N2O2/c1-5-17(11-15(3,4)19)12(2)14(18)16-13-9-7-6-8-10-13/h12-13,19H,5-11H2,1-4H3,(H,16,18). The molecule has 19 heavy (non-hydrogen) atoms. The van der Waals surface area contributed by atoms with E-state index < -0.39 is 5.60 Å². The number of hydrogen-bond donors (Lipinski definition) is 2. The van der Waals surface area contributed by atoms with Gasteiger partial charge in [0.15, 0.2) is 0 Å². The maximum absolute atomic E-state index is 12.3. The van der Waals surface area contributed by atoms with Crippen LogP contribution in [0.2, 0.25) is 0 Å². The molecule has 1 saturated carbocycles. The number of nitrogens with zero attached hydrogens (tertiary/aromatic N) is 1. The molecule has 112 valence electrons. The maximum atomic E-state index is 12.3. The van der Waals surface area contributed by atoms with E-state index in [4.69, 9.17) is 0 Å². The second-order valence-electron chi connectivity index (χ2n) is 6.40. The van der Waals surface area contributed by atoms with Crippen molar-refractivity contribution in [1.82, 2.24) is 10.2 Å². The van der Waals surface area contributed by atoms with Crippen molar-refractivity contribution in [2.24, 2.45) is 0 Å². The Morgan fingerprint density at radius 3 is 2.42 bits per heavy atom. The van der Waals surface area contributed by atoms with Crippen LogP contribution in [0.4, 0.5) is 0 Å². The molecule has 0 heterocycles. The first kappa shape index (κ1) is 16.4. The van der Waals surface area contributed by atoms with Crippen molar-refractivity contribution in [2.75, 3.05) is 13.1 Å². The lowest BCUT2D eigenvalue weighted by atomic mass is 9.95. The van der Waals surface area contributed by atoms with Crippen LogP contribution in [0, 0.1) is 0 Å². The predicted molar refractivity (Wildman–Crippen MR) is 78.0 cm³/mol. The number of hydrogen-bond acceptors (Lipinski definition) is 3. The highest BCUT2D eigenvalue weighted by molar-refractivity contribution is 5.81. The molecule has 0 aliphatic heterocycles. The van der Waals surface area contributed by atoms with Gasteiger partial charge in [0.1, 0.15) is 0 Å². The van der Waals surface area contributed by atoms with E-state index in [9.17, 15) is 9.90 Å². The van der Waals surface area contributed by atoms with Crippen LogP contribution >= 0.6 is 0 Å². The van der Waals surface area contributed by atoms with Gasteiger partial charge in [-0.15, -0.1) is 0 Å². The van der Waals surface area contributed by atoms with Crippen molar-refractivity contribution in [2.45, 2.75) is 77.5 Å². The lowest BCUT2D eigenvalue weighted by Crippen LogP contribution is -2.52. The summed E-state index contributed by atoms with van der Waals surface area (Å²) in [6.07, 6.45) is 5.95. The molecule has 0 spiro atoms. The Hall–Kier alpha value is -0.610. The zero-order valence-corrected chi connectivity index (χ0v) is 12.9. The minimum absolute atomic E-state index is 0.0954. The monoisotopic (exact) mass is 270 g/mol. The summed E-state index contributed by atoms with van der Waals surface area (Å²) >= 11 is 0. The third-order valence-electron chi connectivity index (χ3n) is 3.87. The number of rotatable bonds is 6. The molecule has 1 fully saturated rings. The number of carbonyl (C=O) groups is 1. The summed E-state index contributed by atoms with van der Waals surface area (Å²) in [4.78, 5) is 14.3. The van der Waals surface area contributed by atoms with Crippen LogP contribution in [0.15, 0.2) is 0 Å². The van der Waals surface area contributed by atoms with Crippen LogP contribution in [0.5, 0.6) is 0 Å². The van der Waals surface area contributed by atoms with Crippen LogP contribution in [-0.4, -0.2) is 46.7 Å². The predicted octanol–water partition coefficient (Wildman–Crippen LogP) is 1.92. The van der Waals surface area contributed by atoms with Gasteiger partial charge in [-0.1, -0.05) is 26.2 Å². The molecule has 0 aromatic carbocycles. The van der Waals surface area contributed by atoms with Crippen molar-refractivity contribution in [3.8, 4) is 0 Å². The molecule has 0 bridgehead atoms. The number of aliphatic hydroxyl groups is 1. The van der Waals surface area contributed by atoms with Crippen molar-refractivity contribution in [3.63, 3.8) is 0 Å². The van der Waals surface area contributed by atoms with Gasteiger partial charge >= 0.3 is 0 Å². The lowest BCUT2D eigenvalue weighted by Gasteiger charge is -2.33. The van der Waals surface area contributed by atoms with Crippen LogP contribution < -0.4 is 5.32 Å². The molecule has 4 heteroatoms. The highest BCUT2D eigenvalue weighted by atomic mass is 16.3. The Bertz CT molecular complexity index is 280. The summed E-state index contributed by atoms with van der Waals surface area (Å²) in [7, 11) is 0. The Kier molecular flexibility index (Phi) is 6.27. The van der Waals surface area contributed by atoms with Crippen LogP contribution in [0.1, 0.15) is 59.8 Å². The normalized spacial score (nSPS) is 19.5. The molecule has 0 radical (unpaired) electrons. The highest BCUT2D eigenvalue weighted by Crippen LogP contribution is 2.18. The van der Waals surface area contributed by atoms with Gasteiger partial charge in [-0.25, -0.2) is 0 Å². The molecule has 1 rings (SSSR count). The smallest absolute Gasteiger partial charge is 0.237 e. The molecular weight excluding hydrogens is 240 g/mol. The molecule has 0 saturated heterocycles. The largest absolute Gasteiger partial charge is 0.389 e. The molecule has 1 amide bonds. The third kappa shape index (κ3) is 5.91. The Morgan fingerprint density at radius 1 is 1.37 bits per heavy atom. The van der Waals surface area contributed by atoms with E-state index in [1.165, 1.54) is 19.3 Å². The lowest BCUT2D eigenvalue weighted by molar-refractivity contribution is -0.127. The van der Waals surface area contributed by atoms with E-state index in [0.29, 0.717) is 12.6 Å². The second-order valence-corrected chi connectivity index (χ2v) is 6.40. The first-order chi connectivity index (χ1) is 8.83. The minimum atomic E-state index is -0.768. The van der Waals surface area contributed by atoms with E-state index >= 15 is 0 Å². The molecule has 1 atom stereocenters. The van der Waals surface area contributed by atoms with E-state index in [1.807, 2.05) is 18.7 Å². The number of amides is 1. The summed E-state index contributed by atoms with van der Waals surface area (Å²) in [5.74, 6) is 0.0954. The van der Waals surface area contributed by atoms with E-state index in [-0.39, 0.29) is 11.9 Å². The van der Waals surface area contributed by atoms with Crippen molar-refractivity contribution < 1.29 is 9.90 Å². The van der Waals surface area contributed by atoms with Gasteiger partial charge in [0.05, 0.1) is 11.6 Å². The third-order valence-corrected chi connectivity index (χ3v) is 3.87.